The van der Waals surface area contributed by atoms with Crippen LogP contribution >= 0.6 is 0 Å². The van der Waals surface area contributed by atoms with Crippen LogP contribution in [0.4, 0.5) is 5.69 Å². The summed E-state index contributed by atoms with van der Waals surface area (Å²) in [5.41, 5.74) is 6.59. The summed E-state index contributed by atoms with van der Waals surface area (Å²) in [6.07, 6.45) is 6.52. The van der Waals surface area contributed by atoms with Crippen molar-refractivity contribution in [3.8, 4) is 11.3 Å². The van der Waals surface area contributed by atoms with Gasteiger partial charge in [0.2, 0.25) is 0 Å². The van der Waals surface area contributed by atoms with E-state index in [0.717, 1.165) is 18.7 Å². The second-order valence-electron chi connectivity index (χ2n) is 7.15. The molecule has 0 saturated heterocycles. The molecule has 4 nitrogen and oxygen atoms in total. The van der Waals surface area contributed by atoms with Gasteiger partial charge in [0.05, 0.1) is 0 Å². The summed E-state index contributed by atoms with van der Waals surface area (Å²) in [6, 6.07) is 7.06. The Balaban J connectivity index is 1.73. The van der Waals surface area contributed by atoms with E-state index < -0.39 is 0 Å². The van der Waals surface area contributed by atoms with Crippen LogP contribution in [0.3, 0.4) is 0 Å². The van der Waals surface area contributed by atoms with Gasteiger partial charge in [-0.25, -0.2) is 0 Å². The van der Waals surface area contributed by atoms with E-state index in [2.05, 4.69) is 41.4 Å². The van der Waals surface area contributed by atoms with Gasteiger partial charge in [0, 0.05) is 35.8 Å². The first kappa shape index (κ1) is 15.7. The molecule has 0 unspecified atom stereocenters. The molecule has 0 bridgehead atoms. The number of aromatic nitrogens is 1. The fourth-order valence-electron chi connectivity index (χ4n) is 4.61. The van der Waals surface area contributed by atoms with Crippen molar-refractivity contribution >= 4 is 5.69 Å². The number of nitrogens with zero attached hydrogens (tertiary/aromatic N) is 2. The third kappa shape index (κ3) is 2.63. The van der Waals surface area contributed by atoms with Gasteiger partial charge >= 0.3 is 0 Å². The molecule has 4 heteroatoms. The smallest absolute Gasteiger partial charge is 0.124 e. The zero-order valence-corrected chi connectivity index (χ0v) is 14.7. The van der Waals surface area contributed by atoms with Crippen LogP contribution in [0.5, 0.6) is 0 Å². The molecule has 2 heterocycles. The largest absolute Gasteiger partial charge is 0.384 e. The predicted molar refractivity (Wildman–Crippen MR) is 97.4 cm³/mol. The van der Waals surface area contributed by atoms with Crippen molar-refractivity contribution in [2.45, 2.75) is 51.5 Å². The molecule has 0 saturated carbocycles. The zero-order chi connectivity index (χ0) is 16.5. The Morgan fingerprint density at radius 3 is 2.75 bits per heavy atom. The van der Waals surface area contributed by atoms with E-state index in [9.17, 15) is 0 Å². The highest BCUT2D eigenvalue weighted by atomic mass is 16.5. The average molecular weight is 325 g/mol. The molecule has 0 radical (unpaired) electrons. The summed E-state index contributed by atoms with van der Waals surface area (Å²) < 4.78 is 5.11. The van der Waals surface area contributed by atoms with Crippen LogP contribution in [-0.2, 0) is 6.42 Å². The molecule has 4 rings (SSSR count). The Morgan fingerprint density at radius 1 is 1.21 bits per heavy atom. The maximum Gasteiger partial charge on any atom is 0.124 e. The van der Waals surface area contributed by atoms with Crippen molar-refractivity contribution in [1.29, 1.82) is 0 Å². The molecular weight excluding hydrogens is 298 g/mol. The summed E-state index contributed by atoms with van der Waals surface area (Å²) in [7, 11) is 0. The number of hydrogen-bond donors (Lipinski definition) is 1. The lowest BCUT2D eigenvalue weighted by Crippen LogP contribution is -2.41. The molecule has 128 valence electrons. The number of anilines is 1. The van der Waals surface area contributed by atoms with Crippen LogP contribution in [0.2, 0.25) is 0 Å². The second kappa shape index (κ2) is 6.60. The van der Waals surface area contributed by atoms with E-state index >= 15 is 0 Å². The minimum atomic E-state index is 0.636. The van der Waals surface area contributed by atoms with Gasteiger partial charge in [-0.15, -0.1) is 0 Å². The van der Waals surface area contributed by atoms with Crippen molar-refractivity contribution in [2.75, 3.05) is 25.0 Å². The third-order valence-corrected chi connectivity index (χ3v) is 5.55. The van der Waals surface area contributed by atoms with Crippen LogP contribution in [0.15, 0.2) is 29.0 Å². The second-order valence-corrected chi connectivity index (χ2v) is 7.15. The van der Waals surface area contributed by atoms with Crippen LogP contribution < -0.4 is 5.32 Å². The van der Waals surface area contributed by atoms with Gasteiger partial charge in [-0.2, -0.15) is 0 Å². The Morgan fingerprint density at radius 2 is 2.04 bits per heavy atom. The molecule has 1 N–H and O–H groups in total. The summed E-state index contributed by atoms with van der Waals surface area (Å²) in [6.45, 7) is 8.05. The fraction of sp³-hybridized carbons (Fsp3) is 0.550. The number of hydrogen-bond acceptors (Lipinski definition) is 4. The van der Waals surface area contributed by atoms with E-state index in [-0.39, 0.29) is 0 Å². The van der Waals surface area contributed by atoms with Crippen molar-refractivity contribution in [2.24, 2.45) is 0 Å². The Labute approximate surface area is 144 Å². The molecule has 1 aliphatic heterocycles. The van der Waals surface area contributed by atoms with Gasteiger partial charge in [-0.1, -0.05) is 25.1 Å². The van der Waals surface area contributed by atoms with Crippen molar-refractivity contribution < 1.29 is 4.52 Å². The Bertz CT molecular complexity index is 689. The molecule has 1 aromatic carbocycles. The van der Waals surface area contributed by atoms with Gasteiger partial charge in [0.25, 0.3) is 0 Å². The highest BCUT2D eigenvalue weighted by Gasteiger charge is 2.36. The van der Waals surface area contributed by atoms with Crippen LogP contribution in [0.1, 0.15) is 50.2 Å². The van der Waals surface area contributed by atoms with Gasteiger partial charge in [-0.05, 0) is 56.0 Å². The van der Waals surface area contributed by atoms with E-state index in [1.54, 1.807) is 11.8 Å². The van der Waals surface area contributed by atoms with Crippen LogP contribution in [0, 0.1) is 0 Å². The standard InChI is InChI=1S/C20H27N3O/c1-3-8-23(9-4-2)15-11-14-13-21-19-6-5-16(17(12-15)20(14)19)18-7-10-24-22-18/h5-7,10,14-15,21H,3-4,8-9,11-13H2,1-2H3/t14-,15-/m1/s1. The molecule has 2 aromatic rings. The monoisotopic (exact) mass is 325 g/mol. The minimum absolute atomic E-state index is 0.636. The lowest BCUT2D eigenvalue weighted by Gasteiger charge is -2.37. The number of nitrogens with one attached hydrogen (secondary N) is 1. The highest BCUT2D eigenvalue weighted by Crippen LogP contribution is 2.45. The first-order valence-corrected chi connectivity index (χ1v) is 9.36. The Hall–Kier alpha value is -1.81. The van der Waals surface area contributed by atoms with Crippen molar-refractivity contribution in [1.82, 2.24) is 10.1 Å². The average Bonchev–Trinajstić information content (AvgIpc) is 3.26. The molecule has 0 amide bonds. The normalized spacial score (nSPS) is 21.8. The maximum absolute atomic E-state index is 5.11. The number of benzene rings is 1. The topological polar surface area (TPSA) is 41.3 Å². The summed E-state index contributed by atoms with van der Waals surface area (Å²) >= 11 is 0. The van der Waals surface area contributed by atoms with E-state index in [0.29, 0.717) is 12.0 Å². The van der Waals surface area contributed by atoms with Gasteiger partial charge < -0.3 is 14.7 Å². The van der Waals surface area contributed by atoms with E-state index in [1.165, 1.54) is 49.2 Å². The minimum Gasteiger partial charge on any atom is -0.384 e. The lowest BCUT2D eigenvalue weighted by atomic mass is 9.78. The first-order chi connectivity index (χ1) is 11.8. The predicted octanol–water partition coefficient (Wildman–Crippen LogP) is 4.29. The van der Waals surface area contributed by atoms with Crippen LogP contribution in [-0.4, -0.2) is 35.7 Å². The fourth-order valence-corrected chi connectivity index (χ4v) is 4.61. The quantitative estimate of drug-likeness (QED) is 0.860. The molecule has 1 aromatic heterocycles. The summed E-state index contributed by atoms with van der Waals surface area (Å²) in [5, 5.41) is 7.82. The molecule has 1 aliphatic carbocycles. The molecule has 0 spiro atoms. The van der Waals surface area contributed by atoms with E-state index in [1.807, 2.05) is 6.07 Å². The SMILES string of the molecule is CCCN(CCC)[C@H]1Cc2c(-c3ccon3)ccc3c2[C@@H](CN3)C1. The third-order valence-electron chi connectivity index (χ3n) is 5.55. The van der Waals surface area contributed by atoms with Gasteiger partial charge in [-0.3, -0.25) is 0 Å². The maximum atomic E-state index is 5.11. The zero-order valence-electron chi connectivity index (χ0n) is 14.7. The van der Waals surface area contributed by atoms with Gasteiger partial charge in [0.15, 0.2) is 0 Å². The van der Waals surface area contributed by atoms with Crippen LogP contribution in [0.25, 0.3) is 11.3 Å². The number of rotatable bonds is 6. The van der Waals surface area contributed by atoms with Crippen molar-refractivity contribution in [3.63, 3.8) is 0 Å². The molecule has 0 fully saturated rings. The highest BCUT2D eigenvalue weighted by molar-refractivity contribution is 5.74. The molecular formula is C20H27N3O. The first-order valence-electron chi connectivity index (χ1n) is 9.36. The van der Waals surface area contributed by atoms with E-state index in [4.69, 9.17) is 4.52 Å². The Kier molecular flexibility index (Phi) is 4.31. The molecule has 2 atom stereocenters. The molecule has 2 aliphatic rings. The summed E-state index contributed by atoms with van der Waals surface area (Å²) in [5.74, 6) is 0.636. The summed E-state index contributed by atoms with van der Waals surface area (Å²) in [4.78, 5) is 2.71. The van der Waals surface area contributed by atoms with Gasteiger partial charge in [0.1, 0.15) is 12.0 Å². The molecule has 24 heavy (non-hydrogen) atoms. The lowest BCUT2D eigenvalue weighted by molar-refractivity contribution is 0.173. The van der Waals surface area contributed by atoms with Crippen molar-refractivity contribution in [3.05, 3.63) is 35.6 Å².